The highest BCUT2D eigenvalue weighted by Gasteiger charge is 2.32. The minimum Gasteiger partial charge on any atom is -0.496 e. The van der Waals surface area contributed by atoms with Gasteiger partial charge in [-0.3, -0.25) is 0 Å². The number of benzene rings is 1. The molecule has 0 aliphatic carbocycles. The zero-order valence-electron chi connectivity index (χ0n) is 15.6. The number of hydrogen-bond acceptors (Lipinski definition) is 4. The number of hydrogen-bond donors (Lipinski definition) is 2. The smallest absolute Gasteiger partial charge is 0.338 e. The summed E-state index contributed by atoms with van der Waals surface area (Å²) >= 11 is 5.31. The average Bonchev–Trinajstić information content (AvgIpc) is 2.53. The van der Waals surface area contributed by atoms with Gasteiger partial charge in [-0.25, -0.2) is 4.79 Å². The fourth-order valence-electron chi connectivity index (χ4n) is 3.06. The van der Waals surface area contributed by atoms with Gasteiger partial charge in [-0.2, -0.15) is 0 Å². The summed E-state index contributed by atoms with van der Waals surface area (Å²) in [5.41, 5.74) is 4.39. The maximum atomic E-state index is 12.5. The topological polar surface area (TPSA) is 59.6 Å². The number of thiocarbonyl (C=S) groups is 1. The first kappa shape index (κ1) is 19.2. The third-order valence-corrected chi connectivity index (χ3v) is 4.54. The van der Waals surface area contributed by atoms with Crippen LogP contribution in [0.3, 0.4) is 0 Å². The van der Waals surface area contributed by atoms with Crippen molar-refractivity contribution in [3.8, 4) is 5.75 Å². The number of carbonyl (C=O) groups excluding carboxylic acids is 1. The molecular weight excluding hydrogens is 336 g/mol. The van der Waals surface area contributed by atoms with E-state index < -0.39 is 0 Å². The molecule has 1 aliphatic heterocycles. The molecule has 0 aromatic heterocycles. The van der Waals surface area contributed by atoms with E-state index in [4.69, 9.17) is 21.7 Å². The zero-order chi connectivity index (χ0) is 18.7. The van der Waals surface area contributed by atoms with Crippen molar-refractivity contribution in [2.75, 3.05) is 13.7 Å². The summed E-state index contributed by atoms with van der Waals surface area (Å²) in [6, 6.07) is 3.75. The Morgan fingerprint density at radius 3 is 2.56 bits per heavy atom. The number of aryl methyl sites for hydroxylation is 1. The molecule has 1 aromatic carbocycles. The summed E-state index contributed by atoms with van der Waals surface area (Å²) in [5, 5.41) is 6.74. The lowest BCUT2D eigenvalue weighted by atomic mass is 9.88. The maximum Gasteiger partial charge on any atom is 0.338 e. The molecule has 0 fully saturated rings. The van der Waals surface area contributed by atoms with Gasteiger partial charge in [0.1, 0.15) is 5.75 Å². The van der Waals surface area contributed by atoms with Gasteiger partial charge in [0.15, 0.2) is 5.11 Å². The lowest BCUT2D eigenvalue weighted by Gasteiger charge is -2.31. The molecule has 0 amide bonds. The molecule has 1 heterocycles. The molecule has 25 heavy (non-hydrogen) atoms. The molecule has 0 bridgehead atoms. The molecular formula is C19H26N2O3S. The van der Waals surface area contributed by atoms with Crippen LogP contribution in [0.25, 0.3) is 0 Å². The number of nitrogens with one attached hydrogen (secondary N) is 2. The summed E-state index contributed by atoms with van der Waals surface area (Å²) in [5.74, 6) is 0.805. The van der Waals surface area contributed by atoms with Gasteiger partial charge in [0.25, 0.3) is 0 Å². The number of carbonyl (C=O) groups is 1. The molecule has 1 atom stereocenters. The fraction of sp³-hybridized carbons (Fsp3) is 0.474. The first-order valence-corrected chi connectivity index (χ1v) is 8.84. The zero-order valence-corrected chi connectivity index (χ0v) is 16.5. The van der Waals surface area contributed by atoms with Crippen LogP contribution in [0.4, 0.5) is 0 Å². The highest BCUT2D eigenvalue weighted by Crippen LogP contribution is 2.36. The predicted molar refractivity (Wildman–Crippen MR) is 103 cm³/mol. The van der Waals surface area contributed by atoms with Gasteiger partial charge in [-0.1, -0.05) is 13.8 Å². The Morgan fingerprint density at radius 2 is 2.00 bits per heavy atom. The van der Waals surface area contributed by atoms with E-state index in [9.17, 15) is 4.79 Å². The van der Waals surface area contributed by atoms with Gasteiger partial charge in [0.2, 0.25) is 0 Å². The van der Waals surface area contributed by atoms with Crippen LogP contribution >= 0.6 is 12.2 Å². The van der Waals surface area contributed by atoms with E-state index in [0.717, 1.165) is 22.4 Å². The standard InChI is InChI=1S/C19H26N2O3S/c1-7-24-18(22)16-12(5)20-19(25)21-17(16)14-9-13(10(2)3)15(23-6)8-11(14)4/h8-10,17H,7H2,1-6H3,(H2,20,21,25)/t17-/m0/s1. The minimum absolute atomic E-state index is 0.291. The van der Waals surface area contributed by atoms with Crippen LogP contribution < -0.4 is 15.4 Å². The first-order chi connectivity index (χ1) is 11.8. The summed E-state index contributed by atoms with van der Waals surface area (Å²) in [7, 11) is 1.67. The van der Waals surface area contributed by atoms with E-state index in [1.54, 1.807) is 14.0 Å². The van der Waals surface area contributed by atoms with Crippen molar-refractivity contribution in [1.29, 1.82) is 0 Å². The SMILES string of the molecule is CCOC(=O)C1=C(C)NC(=S)N[C@H]1c1cc(C(C)C)c(OC)cc1C. The number of methoxy groups -OCH3 is 1. The minimum atomic E-state index is -0.351. The van der Waals surface area contributed by atoms with Crippen LogP contribution in [-0.2, 0) is 9.53 Å². The van der Waals surface area contributed by atoms with Gasteiger partial charge in [-0.05, 0) is 67.7 Å². The van der Waals surface area contributed by atoms with E-state index >= 15 is 0 Å². The van der Waals surface area contributed by atoms with Crippen molar-refractivity contribution < 1.29 is 14.3 Å². The molecule has 0 saturated carbocycles. The summed E-state index contributed by atoms with van der Waals surface area (Å²) in [6.07, 6.45) is 0. The Kier molecular flexibility index (Phi) is 6.06. The Labute approximate surface area is 154 Å². The summed E-state index contributed by atoms with van der Waals surface area (Å²) < 4.78 is 10.8. The molecule has 0 radical (unpaired) electrons. The Morgan fingerprint density at radius 1 is 1.32 bits per heavy atom. The van der Waals surface area contributed by atoms with Crippen LogP contribution in [-0.4, -0.2) is 24.8 Å². The largest absolute Gasteiger partial charge is 0.496 e. The fourth-order valence-corrected chi connectivity index (χ4v) is 3.33. The first-order valence-electron chi connectivity index (χ1n) is 8.43. The van der Waals surface area contributed by atoms with Crippen LogP contribution in [0.15, 0.2) is 23.4 Å². The van der Waals surface area contributed by atoms with Crippen LogP contribution in [0, 0.1) is 6.92 Å². The monoisotopic (exact) mass is 362 g/mol. The van der Waals surface area contributed by atoms with E-state index in [1.165, 1.54) is 0 Å². The third-order valence-electron chi connectivity index (χ3n) is 4.32. The summed E-state index contributed by atoms with van der Waals surface area (Å²) in [4.78, 5) is 12.5. The second-order valence-electron chi connectivity index (χ2n) is 6.40. The highest BCUT2D eigenvalue weighted by molar-refractivity contribution is 7.80. The van der Waals surface area contributed by atoms with Crippen molar-refractivity contribution in [1.82, 2.24) is 10.6 Å². The van der Waals surface area contributed by atoms with E-state index in [2.05, 4.69) is 30.5 Å². The average molecular weight is 362 g/mol. The molecule has 1 aliphatic rings. The summed E-state index contributed by atoms with van der Waals surface area (Å²) in [6.45, 7) is 10.2. The molecule has 0 unspecified atom stereocenters. The van der Waals surface area contributed by atoms with Crippen molar-refractivity contribution >= 4 is 23.3 Å². The Balaban J connectivity index is 2.61. The molecule has 5 nitrogen and oxygen atoms in total. The molecule has 0 spiro atoms. The van der Waals surface area contributed by atoms with Crippen molar-refractivity contribution in [2.24, 2.45) is 0 Å². The van der Waals surface area contributed by atoms with E-state index in [-0.39, 0.29) is 12.0 Å². The highest BCUT2D eigenvalue weighted by atomic mass is 32.1. The third kappa shape index (κ3) is 3.95. The van der Waals surface area contributed by atoms with Crippen LogP contribution in [0.2, 0.25) is 0 Å². The van der Waals surface area contributed by atoms with Crippen molar-refractivity contribution in [2.45, 2.75) is 46.6 Å². The molecule has 6 heteroatoms. The molecule has 0 saturated heterocycles. The van der Waals surface area contributed by atoms with Gasteiger partial charge < -0.3 is 20.1 Å². The molecule has 2 N–H and O–H groups in total. The molecule has 136 valence electrons. The maximum absolute atomic E-state index is 12.5. The Hall–Kier alpha value is -2.08. The quantitative estimate of drug-likeness (QED) is 0.618. The number of ether oxygens (including phenoxy) is 2. The predicted octanol–water partition coefficient (Wildman–Crippen LogP) is 3.48. The van der Waals surface area contributed by atoms with Gasteiger partial charge >= 0.3 is 5.97 Å². The number of rotatable bonds is 5. The normalized spacial score (nSPS) is 17.2. The second-order valence-corrected chi connectivity index (χ2v) is 6.80. The number of esters is 1. The van der Waals surface area contributed by atoms with E-state index in [1.807, 2.05) is 19.9 Å². The van der Waals surface area contributed by atoms with Gasteiger partial charge in [-0.15, -0.1) is 0 Å². The van der Waals surface area contributed by atoms with Gasteiger partial charge in [0, 0.05) is 5.70 Å². The Bertz CT molecular complexity index is 726. The second kappa shape index (κ2) is 7.87. The van der Waals surface area contributed by atoms with Crippen LogP contribution in [0.5, 0.6) is 5.75 Å². The molecule has 2 rings (SSSR count). The van der Waals surface area contributed by atoms with E-state index in [0.29, 0.717) is 28.9 Å². The van der Waals surface area contributed by atoms with Crippen molar-refractivity contribution in [3.05, 3.63) is 40.1 Å². The lowest BCUT2D eigenvalue weighted by Crippen LogP contribution is -2.45. The molecule has 1 aromatic rings. The van der Waals surface area contributed by atoms with Gasteiger partial charge in [0.05, 0.1) is 25.3 Å². The van der Waals surface area contributed by atoms with Crippen LogP contribution in [0.1, 0.15) is 56.3 Å². The lowest BCUT2D eigenvalue weighted by molar-refractivity contribution is -0.139. The van der Waals surface area contributed by atoms with Crippen molar-refractivity contribution in [3.63, 3.8) is 0 Å². The number of allylic oxidation sites excluding steroid dienone is 1.